The number of hydrogen-bond donors (Lipinski definition) is 9. The van der Waals surface area contributed by atoms with Gasteiger partial charge in [-0.1, -0.05) is 50.3 Å². The van der Waals surface area contributed by atoms with Crippen LogP contribution in [0, 0.1) is 11.3 Å². The number of aliphatic hydroxyl groups is 3. The van der Waals surface area contributed by atoms with Gasteiger partial charge in [-0.2, -0.15) is 8.42 Å². The Hall–Kier alpha value is -5.25. The number of aromatic nitrogens is 1. The van der Waals surface area contributed by atoms with E-state index in [1.165, 1.54) is 19.2 Å². The van der Waals surface area contributed by atoms with Gasteiger partial charge in [-0.15, -0.1) is 0 Å². The van der Waals surface area contributed by atoms with Crippen LogP contribution in [-0.2, 0) is 48.4 Å². The molecule has 3 fully saturated rings. The van der Waals surface area contributed by atoms with Crippen LogP contribution in [0.4, 0.5) is 5.69 Å². The quantitative estimate of drug-likeness (QED) is 0.0504. The summed E-state index contributed by atoms with van der Waals surface area (Å²) in [6.45, 7) is 7.36. The van der Waals surface area contributed by atoms with Gasteiger partial charge >= 0.3 is 16.4 Å². The van der Waals surface area contributed by atoms with E-state index in [2.05, 4.69) is 32.2 Å². The highest BCUT2D eigenvalue weighted by molar-refractivity contribution is 7.79. The normalized spacial score (nSPS) is 33.1. The summed E-state index contributed by atoms with van der Waals surface area (Å²) in [7, 11) is 0.236. The number of phenolic OH excluding ortho intramolecular Hbond substituents is 2. The van der Waals surface area contributed by atoms with Gasteiger partial charge in [-0.25, -0.2) is 0 Å². The zero-order chi connectivity index (χ0) is 50.3. The summed E-state index contributed by atoms with van der Waals surface area (Å²) in [5, 5.41) is 62.4. The van der Waals surface area contributed by atoms with Crippen LogP contribution in [0.2, 0.25) is 0 Å². The van der Waals surface area contributed by atoms with Crippen molar-refractivity contribution in [1.82, 2.24) is 20.1 Å². The molecule has 10 atom stereocenters. The highest BCUT2D eigenvalue weighted by Gasteiger charge is 2.78. The van der Waals surface area contributed by atoms with Crippen molar-refractivity contribution < 1.29 is 62.1 Å². The van der Waals surface area contributed by atoms with Crippen LogP contribution in [0.1, 0.15) is 73.9 Å². The van der Waals surface area contributed by atoms with E-state index in [9.17, 15) is 25.5 Å². The first kappa shape index (κ1) is 49.7. The number of phenols is 2. The minimum atomic E-state index is -4.67. The molecule has 0 radical (unpaired) electrons. The van der Waals surface area contributed by atoms with Crippen LogP contribution in [0.3, 0.4) is 0 Å². The number of aromatic amines is 1. The number of fused-ring (bicyclic) bond motifs is 6. The number of carbonyl (C=O) groups excluding carboxylic acids is 2. The number of nitrogens with one attached hydrogen (secondary N) is 2. The number of hydrogen-bond acceptors (Lipinski definition) is 14. The van der Waals surface area contributed by atoms with E-state index in [0.717, 1.165) is 33.4 Å². The average molecular weight is 988 g/mol. The summed E-state index contributed by atoms with van der Waals surface area (Å²) in [5.74, 6) is -1.33. The Morgan fingerprint density at radius 1 is 0.943 bits per heavy atom. The fourth-order valence-corrected chi connectivity index (χ4v) is 14.2. The van der Waals surface area contributed by atoms with Gasteiger partial charge in [0.15, 0.2) is 17.1 Å². The van der Waals surface area contributed by atoms with Crippen molar-refractivity contribution >= 4 is 38.9 Å². The Morgan fingerprint density at radius 3 is 2.37 bits per heavy atom. The number of aromatic hydroxyl groups is 2. The summed E-state index contributed by atoms with van der Waals surface area (Å²) in [6.07, 6.45) is 5.89. The number of rotatable bonds is 9. The van der Waals surface area contributed by atoms with Crippen molar-refractivity contribution in [3.05, 3.63) is 94.7 Å². The molecule has 10 rings (SSSR count). The highest BCUT2D eigenvalue weighted by Crippen LogP contribution is 2.67. The van der Waals surface area contributed by atoms with Crippen LogP contribution >= 0.6 is 0 Å². The van der Waals surface area contributed by atoms with Crippen molar-refractivity contribution in [2.45, 2.75) is 99.0 Å². The zero-order valence-corrected chi connectivity index (χ0v) is 41.0. The van der Waals surface area contributed by atoms with E-state index in [1.54, 1.807) is 13.2 Å². The molecule has 6 heterocycles. The molecule has 2 saturated heterocycles. The number of para-hydroxylation sites is 1. The number of esters is 1. The lowest BCUT2D eigenvalue weighted by Gasteiger charge is -2.63. The summed E-state index contributed by atoms with van der Waals surface area (Å²) < 4.78 is 44.0. The van der Waals surface area contributed by atoms with Gasteiger partial charge in [0.1, 0.15) is 17.3 Å². The first-order valence-corrected chi connectivity index (χ1v) is 25.5. The molecule has 1 saturated carbocycles. The van der Waals surface area contributed by atoms with Gasteiger partial charge in [-0.05, 0) is 98.4 Å². The topological polar surface area (TPSA) is 266 Å². The van der Waals surface area contributed by atoms with Gasteiger partial charge in [-0.3, -0.25) is 28.5 Å². The maximum atomic E-state index is 15.4. The maximum Gasteiger partial charge on any atom is 0.394 e. The number of methoxy groups -OCH3 is 2. The van der Waals surface area contributed by atoms with Crippen molar-refractivity contribution in [2.75, 3.05) is 65.4 Å². The third-order valence-corrected chi connectivity index (χ3v) is 16.9. The molecule has 18 nitrogen and oxygen atoms in total. The van der Waals surface area contributed by atoms with Crippen LogP contribution in [0.15, 0.2) is 66.7 Å². The molecule has 1 spiro atoms. The fraction of sp³-hybridized carbons (Fsp3) is 0.529. The second kappa shape index (κ2) is 17.8. The van der Waals surface area contributed by atoms with E-state index >= 15 is 9.59 Å². The monoisotopic (exact) mass is 987 g/mol. The number of nitrogens with zero attached hydrogens (tertiary/aromatic N) is 3. The zero-order valence-electron chi connectivity index (χ0n) is 40.2. The number of likely N-dealkylation sites (N-methyl/N-ethyl adjacent to an activating group) is 1. The highest BCUT2D eigenvalue weighted by atomic mass is 32.3. The lowest BCUT2D eigenvalue weighted by atomic mass is 9.47. The largest absolute Gasteiger partial charge is 0.504 e. The molecule has 2 bridgehead atoms. The Bertz CT molecular complexity index is 2850. The molecule has 1 aliphatic carbocycles. The Labute approximate surface area is 407 Å². The molecule has 3 aromatic carbocycles. The molecule has 19 heteroatoms. The summed E-state index contributed by atoms with van der Waals surface area (Å²) in [6, 6.07) is 15.4. The lowest BCUT2D eigenvalue weighted by molar-refractivity contribution is -0.203. The van der Waals surface area contributed by atoms with E-state index in [4.69, 9.17) is 27.0 Å². The van der Waals surface area contributed by atoms with Gasteiger partial charge in [0.2, 0.25) is 0 Å². The second-order valence-electron chi connectivity index (χ2n) is 20.4. The van der Waals surface area contributed by atoms with E-state index < -0.39 is 61.9 Å². The van der Waals surface area contributed by atoms with Gasteiger partial charge in [0.25, 0.3) is 5.91 Å². The maximum absolute atomic E-state index is 15.4. The van der Waals surface area contributed by atoms with E-state index in [-0.39, 0.29) is 30.0 Å². The predicted octanol–water partition coefficient (Wildman–Crippen LogP) is 3.36. The smallest absolute Gasteiger partial charge is 0.394 e. The molecule has 9 N–H and O–H groups in total. The Balaban J connectivity index is 0.00000116. The summed E-state index contributed by atoms with van der Waals surface area (Å²) in [4.78, 5) is 40.9. The molecule has 5 aliphatic heterocycles. The molecule has 378 valence electrons. The molecule has 70 heavy (non-hydrogen) atoms. The molecule has 1 unspecified atom stereocenters. The number of ether oxygens (including phenoxy) is 2. The van der Waals surface area contributed by atoms with Crippen molar-refractivity contribution in [3.8, 4) is 17.2 Å². The lowest BCUT2D eigenvalue weighted by Crippen LogP contribution is -2.81. The first-order valence-electron chi connectivity index (χ1n) is 24.1. The third-order valence-electron chi connectivity index (χ3n) is 16.9. The van der Waals surface area contributed by atoms with Crippen molar-refractivity contribution in [3.63, 3.8) is 0 Å². The van der Waals surface area contributed by atoms with Crippen LogP contribution in [0.25, 0.3) is 10.9 Å². The second-order valence-corrected chi connectivity index (χ2v) is 21.3. The molecule has 6 aliphatic rings. The van der Waals surface area contributed by atoms with Crippen molar-refractivity contribution in [2.24, 2.45) is 11.3 Å². The molecular weight excluding hydrogens is 923 g/mol. The number of benzene rings is 3. The number of H-pyrrole nitrogens is 1. The SMILES string of the molecule is CC[C@]1(O)C[C@H]2CN(CCc3c([nH]c4ccccc34)[C@@](C(=O)OC)(c3cc4c(cc3OC)N(C)[C@H]3[C@@](O)(C(=O)NCCc5ccc(O)c(O)c5)[C@H](O)[C@]5(CC)C=CCN6CC[C@]43[C@@H]65)C2)C1.O=S(=O)(O)O. The predicted molar refractivity (Wildman–Crippen MR) is 260 cm³/mol. The minimum absolute atomic E-state index is 0.0944. The number of aliphatic hydroxyl groups excluding tert-OH is 1. The Kier molecular flexibility index (Phi) is 12.6. The van der Waals surface area contributed by atoms with E-state index in [0.29, 0.717) is 94.5 Å². The van der Waals surface area contributed by atoms with Crippen molar-refractivity contribution in [1.29, 1.82) is 0 Å². The van der Waals surface area contributed by atoms with Gasteiger partial charge in [0, 0.05) is 90.6 Å². The van der Waals surface area contributed by atoms with Crippen LogP contribution < -0.4 is 15.0 Å². The summed E-state index contributed by atoms with van der Waals surface area (Å²) >= 11 is 0. The summed E-state index contributed by atoms with van der Waals surface area (Å²) in [5.41, 5.74) is -1.13. The number of piperidine rings is 1. The molecule has 1 aromatic heterocycles. The first-order chi connectivity index (χ1) is 33.1. The Morgan fingerprint density at radius 2 is 1.69 bits per heavy atom. The minimum Gasteiger partial charge on any atom is -0.504 e. The standard InChI is InChI=1S/C51H63N5O9.H2O4S/c1-6-47(62)26-31-27-50(46(61)65-5,41-33(16-21-55(28-31)29-47)32-11-8-9-12-36(32)53-41)35-24-34-37(25-40(35)64-4)54(3)43-49(34)18-22-56-20-10-17-48(7-2,42(49)56)44(59)51(43,63)45(60)52-19-15-30-13-14-38(57)39(58)23-30;1-5(2,3)4/h8-14,17,23-25,31,42-44,53,57-59,62-63H,6-7,15-16,18-22,26-29H2,1-5H3,(H,52,60);(H2,1,2,3,4)/t31-,42+,43-,44-,47+,48-,49-,50+,51+;/m1./s1. The fourth-order valence-electron chi connectivity index (χ4n) is 14.2. The van der Waals surface area contributed by atoms with Crippen LogP contribution in [0.5, 0.6) is 17.2 Å². The van der Waals surface area contributed by atoms with Crippen LogP contribution in [-0.4, -0.2) is 160 Å². The number of amides is 1. The van der Waals surface area contributed by atoms with E-state index in [1.807, 2.05) is 62.2 Å². The number of carbonyl (C=O) groups is 2. The van der Waals surface area contributed by atoms with Gasteiger partial charge in [0.05, 0.1) is 25.9 Å². The molecule has 1 amide bonds. The number of anilines is 1. The average Bonchev–Trinajstić information content (AvgIpc) is 3.99. The van der Waals surface area contributed by atoms with Gasteiger partial charge < -0.3 is 50.2 Å². The molecular formula is C51H65N5O13S. The molecule has 4 aromatic rings. The third kappa shape index (κ3) is 7.57.